The molecule has 1 atom stereocenters. The molecule has 98 valence electrons. The summed E-state index contributed by atoms with van der Waals surface area (Å²) in [5.74, 6) is 1.27. The van der Waals surface area contributed by atoms with Crippen molar-refractivity contribution >= 4 is 28.3 Å². The zero-order chi connectivity index (χ0) is 12.1. The Hall–Kier alpha value is -0.490. The van der Waals surface area contributed by atoms with Gasteiger partial charge in [-0.05, 0) is 40.0 Å². The van der Waals surface area contributed by atoms with Crippen LogP contribution in [0.25, 0.3) is 0 Å². The van der Waals surface area contributed by atoms with E-state index in [-0.39, 0.29) is 25.1 Å². The lowest BCUT2D eigenvalue weighted by Gasteiger charge is -2.15. The summed E-state index contributed by atoms with van der Waals surface area (Å²) >= 11 is 3.40. The Kier molecular flexibility index (Phi) is 7.54. The number of ether oxygens (including phenoxy) is 2. The molecule has 0 radical (unpaired) electrons. The number of hydrogen-bond acceptors (Lipinski definition) is 4. The zero-order valence-electron chi connectivity index (χ0n) is 9.77. The average molecular weight is 327 g/mol. The van der Waals surface area contributed by atoms with Crippen molar-refractivity contribution in [2.45, 2.75) is 12.5 Å². The minimum Gasteiger partial charge on any atom is -0.493 e. The second-order valence-corrected chi connectivity index (χ2v) is 4.21. The molecule has 0 aliphatic heterocycles. The van der Waals surface area contributed by atoms with Crippen molar-refractivity contribution in [2.24, 2.45) is 5.73 Å². The van der Waals surface area contributed by atoms with Crippen LogP contribution in [0.4, 0.5) is 0 Å². The van der Waals surface area contributed by atoms with Crippen LogP contribution in [-0.2, 0) is 0 Å². The molecule has 0 aliphatic carbocycles. The molecule has 1 aromatic carbocycles. The van der Waals surface area contributed by atoms with E-state index in [2.05, 4.69) is 15.9 Å². The van der Waals surface area contributed by atoms with Crippen LogP contribution in [0.5, 0.6) is 11.5 Å². The van der Waals surface area contributed by atoms with Gasteiger partial charge in [0.25, 0.3) is 0 Å². The van der Waals surface area contributed by atoms with E-state index in [9.17, 15) is 0 Å². The van der Waals surface area contributed by atoms with Gasteiger partial charge in [0, 0.05) is 12.6 Å². The molecule has 0 aliphatic rings. The standard InChI is InChI=1S/C11H16BrNO3.ClH/c1-15-10-6-7(9(13)3-4-14)5-8(12)11(10)16-2;/h5-6,9,14H,3-4,13H2,1-2H3;1H. The van der Waals surface area contributed by atoms with Crippen LogP contribution in [0.2, 0.25) is 0 Å². The van der Waals surface area contributed by atoms with Crippen LogP contribution in [0.15, 0.2) is 16.6 Å². The maximum absolute atomic E-state index is 8.85. The number of aliphatic hydroxyl groups excluding tert-OH is 1. The molecule has 17 heavy (non-hydrogen) atoms. The summed E-state index contributed by atoms with van der Waals surface area (Å²) in [6, 6.07) is 3.49. The third kappa shape index (κ3) is 4.03. The minimum atomic E-state index is -0.207. The van der Waals surface area contributed by atoms with Gasteiger partial charge in [-0.3, -0.25) is 0 Å². The maximum atomic E-state index is 8.85. The number of benzene rings is 1. The number of rotatable bonds is 5. The first-order valence-electron chi connectivity index (χ1n) is 4.91. The summed E-state index contributed by atoms with van der Waals surface area (Å²) in [5.41, 5.74) is 6.81. The van der Waals surface area contributed by atoms with E-state index >= 15 is 0 Å². The molecule has 0 aromatic heterocycles. The molecule has 0 saturated heterocycles. The molecule has 1 unspecified atom stereocenters. The van der Waals surface area contributed by atoms with Crippen LogP contribution in [-0.4, -0.2) is 25.9 Å². The summed E-state index contributed by atoms with van der Waals surface area (Å²) in [6.45, 7) is 0.0626. The van der Waals surface area contributed by atoms with Gasteiger partial charge in [0.2, 0.25) is 0 Å². The first-order valence-corrected chi connectivity index (χ1v) is 5.71. The molecule has 0 bridgehead atoms. The summed E-state index contributed by atoms with van der Waals surface area (Å²) in [4.78, 5) is 0. The Labute approximate surface area is 116 Å². The van der Waals surface area contributed by atoms with Gasteiger partial charge in [-0.15, -0.1) is 12.4 Å². The van der Waals surface area contributed by atoms with E-state index in [1.165, 1.54) is 0 Å². The predicted molar refractivity (Wildman–Crippen MR) is 73.1 cm³/mol. The zero-order valence-corrected chi connectivity index (χ0v) is 12.2. The first kappa shape index (κ1) is 16.5. The van der Waals surface area contributed by atoms with Crippen molar-refractivity contribution in [2.75, 3.05) is 20.8 Å². The van der Waals surface area contributed by atoms with Crippen LogP contribution < -0.4 is 15.2 Å². The van der Waals surface area contributed by atoms with Crippen molar-refractivity contribution in [3.05, 3.63) is 22.2 Å². The monoisotopic (exact) mass is 325 g/mol. The van der Waals surface area contributed by atoms with Gasteiger partial charge in [-0.2, -0.15) is 0 Å². The number of nitrogens with two attached hydrogens (primary N) is 1. The lowest BCUT2D eigenvalue weighted by atomic mass is 10.0. The van der Waals surface area contributed by atoms with Gasteiger partial charge in [0.1, 0.15) is 0 Å². The van der Waals surface area contributed by atoms with Gasteiger partial charge >= 0.3 is 0 Å². The van der Waals surface area contributed by atoms with Crippen LogP contribution in [0.1, 0.15) is 18.0 Å². The summed E-state index contributed by atoms with van der Waals surface area (Å²) in [6.07, 6.45) is 0.516. The number of methoxy groups -OCH3 is 2. The molecule has 1 aromatic rings. The Morgan fingerprint density at radius 3 is 2.47 bits per heavy atom. The van der Waals surface area contributed by atoms with Gasteiger partial charge in [0.05, 0.1) is 18.7 Å². The first-order chi connectivity index (χ1) is 7.63. The molecule has 0 heterocycles. The van der Waals surface area contributed by atoms with E-state index in [1.54, 1.807) is 14.2 Å². The SMILES string of the molecule is COc1cc(C(N)CCO)cc(Br)c1OC.Cl. The van der Waals surface area contributed by atoms with Crippen molar-refractivity contribution < 1.29 is 14.6 Å². The highest BCUT2D eigenvalue weighted by Gasteiger charge is 2.14. The average Bonchev–Trinajstić information content (AvgIpc) is 2.28. The predicted octanol–water partition coefficient (Wildman–Crippen LogP) is 2.27. The van der Waals surface area contributed by atoms with E-state index < -0.39 is 0 Å². The maximum Gasteiger partial charge on any atom is 0.174 e. The van der Waals surface area contributed by atoms with Gasteiger partial charge in [-0.1, -0.05) is 0 Å². The van der Waals surface area contributed by atoms with Crippen molar-refractivity contribution in [1.29, 1.82) is 0 Å². The lowest BCUT2D eigenvalue weighted by Crippen LogP contribution is -2.12. The van der Waals surface area contributed by atoms with Crippen LogP contribution in [0, 0.1) is 0 Å². The fourth-order valence-electron chi connectivity index (χ4n) is 1.46. The highest BCUT2D eigenvalue weighted by molar-refractivity contribution is 9.10. The molecule has 0 spiro atoms. The van der Waals surface area contributed by atoms with Crippen molar-refractivity contribution in [3.63, 3.8) is 0 Å². The molecule has 4 nitrogen and oxygen atoms in total. The molecule has 1 rings (SSSR count). The molecule has 0 fully saturated rings. The minimum absolute atomic E-state index is 0. The smallest absolute Gasteiger partial charge is 0.174 e. The van der Waals surface area contributed by atoms with E-state index in [1.807, 2.05) is 12.1 Å². The van der Waals surface area contributed by atoms with Gasteiger partial charge in [0.15, 0.2) is 11.5 Å². The highest BCUT2D eigenvalue weighted by atomic mass is 79.9. The number of halogens is 2. The Balaban J connectivity index is 0.00000256. The van der Waals surface area contributed by atoms with Crippen molar-refractivity contribution in [1.82, 2.24) is 0 Å². The third-order valence-corrected chi connectivity index (χ3v) is 2.91. The molecule has 0 saturated carbocycles. The van der Waals surface area contributed by atoms with Crippen molar-refractivity contribution in [3.8, 4) is 11.5 Å². The van der Waals surface area contributed by atoms with E-state index in [0.29, 0.717) is 17.9 Å². The van der Waals surface area contributed by atoms with Crippen LogP contribution in [0.3, 0.4) is 0 Å². The quantitative estimate of drug-likeness (QED) is 0.871. The lowest BCUT2D eigenvalue weighted by molar-refractivity contribution is 0.276. The molecular formula is C11H17BrClNO3. The molecule has 3 N–H and O–H groups in total. The summed E-state index contributed by atoms with van der Waals surface area (Å²) in [7, 11) is 3.15. The summed E-state index contributed by atoms with van der Waals surface area (Å²) < 4.78 is 11.2. The Bertz CT molecular complexity index is 363. The van der Waals surface area contributed by atoms with Gasteiger partial charge < -0.3 is 20.3 Å². The topological polar surface area (TPSA) is 64.7 Å². The Morgan fingerprint density at radius 2 is 2.00 bits per heavy atom. The largest absolute Gasteiger partial charge is 0.493 e. The highest BCUT2D eigenvalue weighted by Crippen LogP contribution is 2.37. The van der Waals surface area contributed by atoms with Crippen LogP contribution >= 0.6 is 28.3 Å². The second kappa shape index (κ2) is 7.76. The number of hydrogen-bond donors (Lipinski definition) is 2. The Morgan fingerprint density at radius 1 is 1.35 bits per heavy atom. The van der Waals surface area contributed by atoms with E-state index in [0.717, 1.165) is 10.0 Å². The number of aliphatic hydroxyl groups is 1. The van der Waals surface area contributed by atoms with E-state index in [4.69, 9.17) is 20.3 Å². The normalized spacial score (nSPS) is 11.6. The molecule has 0 amide bonds. The molecule has 6 heteroatoms. The summed E-state index contributed by atoms with van der Waals surface area (Å²) in [5, 5.41) is 8.85. The third-order valence-electron chi connectivity index (χ3n) is 2.32. The fourth-order valence-corrected chi connectivity index (χ4v) is 2.08. The second-order valence-electron chi connectivity index (χ2n) is 3.36. The van der Waals surface area contributed by atoms with Gasteiger partial charge in [-0.25, -0.2) is 0 Å². The molecular weight excluding hydrogens is 309 g/mol. The fraction of sp³-hybridized carbons (Fsp3) is 0.455.